The highest BCUT2D eigenvalue weighted by Crippen LogP contribution is 2.17. The number of carbonyl (C=O) groups is 1. The molecule has 0 aliphatic rings. The maximum atomic E-state index is 10.9. The first-order valence-electron chi connectivity index (χ1n) is 4.39. The van der Waals surface area contributed by atoms with Gasteiger partial charge in [-0.15, -0.1) is 0 Å². The number of nitrogens with one attached hydrogen (secondary N) is 1. The van der Waals surface area contributed by atoms with Gasteiger partial charge in [-0.25, -0.2) is 0 Å². The zero-order valence-corrected chi connectivity index (χ0v) is 8.18. The molecule has 0 bridgehead atoms. The SMILES string of the molecule is CCC(=O)NCC(C)(C)CCO. The van der Waals surface area contributed by atoms with Gasteiger partial charge in [0, 0.05) is 19.6 Å². The van der Waals surface area contributed by atoms with Crippen molar-refractivity contribution in [2.45, 2.75) is 33.6 Å². The van der Waals surface area contributed by atoms with E-state index in [-0.39, 0.29) is 17.9 Å². The summed E-state index contributed by atoms with van der Waals surface area (Å²) in [4.78, 5) is 10.9. The summed E-state index contributed by atoms with van der Waals surface area (Å²) in [6.45, 7) is 6.70. The summed E-state index contributed by atoms with van der Waals surface area (Å²) in [7, 11) is 0. The van der Waals surface area contributed by atoms with E-state index < -0.39 is 0 Å². The van der Waals surface area contributed by atoms with Crippen LogP contribution in [-0.4, -0.2) is 24.2 Å². The lowest BCUT2D eigenvalue weighted by Crippen LogP contribution is -2.34. The van der Waals surface area contributed by atoms with E-state index in [0.29, 0.717) is 13.0 Å². The molecule has 0 aromatic heterocycles. The maximum absolute atomic E-state index is 10.9. The zero-order chi connectivity index (χ0) is 9.61. The highest BCUT2D eigenvalue weighted by molar-refractivity contribution is 5.75. The van der Waals surface area contributed by atoms with E-state index in [1.807, 2.05) is 20.8 Å². The molecule has 3 heteroatoms. The summed E-state index contributed by atoms with van der Waals surface area (Å²) in [5.74, 6) is 0.0704. The molecular formula is C9H19NO2. The minimum atomic E-state index is -0.000417. The molecule has 0 aliphatic carbocycles. The largest absolute Gasteiger partial charge is 0.396 e. The number of carbonyl (C=O) groups excluding carboxylic acids is 1. The van der Waals surface area contributed by atoms with E-state index in [0.717, 1.165) is 6.42 Å². The molecule has 0 unspecified atom stereocenters. The van der Waals surface area contributed by atoms with Gasteiger partial charge in [-0.3, -0.25) is 4.79 Å². The van der Waals surface area contributed by atoms with Crippen LogP contribution in [0.3, 0.4) is 0 Å². The predicted octanol–water partition coefficient (Wildman–Crippen LogP) is 0.921. The molecule has 0 radical (unpaired) electrons. The number of amides is 1. The molecule has 0 rings (SSSR count). The second-order valence-corrected chi connectivity index (χ2v) is 3.77. The van der Waals surface area contributed by atoms with E-state index >= 15 is 0 Å². The highest BCUT2D eigenvalue weighted by atomic mass is 16.3. The Balaban J connectivity index is 3.67. The first kappa shape index (κ1) is 11.4. The molecule has 0 aromatic carbocycles. The molecule has 1 amide bonds. The van der Waals surface area contributed by atoms with Crippen molar-refractivity contribution in [3.8, 4) is 0 Å². The first-order chi connectivity index (χ1) is 5.52. The summed E-state index contributed by atoms with van der Waals surface area (Å²) in [5.41, 5.74) is -0.000417. The average molecular weight is 173 g/mol. The van der Waals surface area contributed by atoms with Crippen LogP contribution in [-0.2, 0) is 4.79 Å². The average Bonchev–Trinajstić information content (AvgIpc) is 2.00. The van der Waals surface area contributed by atoms with Crippen molar-refractivity contribution in [1.82, 2.24) is 5.32 Å². The number of aliphatic hydroxyl groups excluding tert-OH is 1. The Kier molecular flexibility index (Phi) is 4.90. The summed E-state index contributed by atoms with van der Waals surface area (Å²) in [6.07, 6.45) is 1.24. The molecule has 0 aliphatic heterocycles. The second kappa shape index (κ2) is 5.14. The van der Waals surface area contributed by atoms with Crippen LogP contribution >= 0.6 is 0 Å². The fourth-order valence-corrected chi connectivity index (χ4v) is 0.854. The Hall–Kier alpha value is -0.570. The van der Waals surface area contributed by atoms with Gasteiger partial charge in [-0.1, -0.05) is 20.8 Å². The predicted molar refractivity (Wildman–Crippen MR) is 48.8 cm³/mol. The molecule has 0 atom stereocenters. The Bertz CT molecular complexity index is 143. The second-order valence-electron chi connectivity index (χ2n) is 3.77. The van der Waals surface area contributed by atoms with Crippen LogP contribution in [0.15, 0.2) is 0 Å². The number of aliphatic hydroxyl groups is 1. The molecule has 0 heterocycles. The Labute approximate surface area is 74.2 Å². The Morgan fingerprint density at radius 3 is 2.50 bits per heavy atom. The van der Waals surface area contributed by atoms with Crippen molar-refractivity contribution in [3.63, 3.8) is 0 Å². The van der Waals surface area contributed by atoms with E-state index in [1.165, 1.54) is 0 Å². The molecule has 72 valence electrons. The lowest BCUT2D eigenvalue weighted by Gasteiger charge is -2.23. The van der Waals surface area contributed by atoms with E-state index in [2.05, 4.69) is 5.32 Å². The normalized spacial score (nSPS) is 11.3. The van der Waals surface area contributed by atoms with Gasteiger partial charge in [-0.05, 0) is 11.8 Å². The van der Waals surface area contributed by atoms with Crippen molar-refractivity contribution in [2.24, 2.45) is 5.41 Å². The molecular weight excluding hydrogens is 154 g/mol. The van der Waals surface area contributed by atoms with Crippen LogP contribution in [0.5, 0.6) is 0 Å². The Morgan fingerprint density at radius 2 is 2.08 bits per heavy atom. The molecule has 0 saturated heterocycles. The number of hydrogen-bond acceptors (Lipinski definition) is 2. The summed E-state index contributed by atoms with van der Waals surface area (Å²) in [6, 6.07) is 0. The molecule has 2 N–H and O–H groups in total. The molecule has 0 saturated carbocycles. The zero-order valence-electron chi connectivity index (χ0n) is 8.18. The maximum Gasteiger partial charge on any atom is 0.219 e. The van der Waals surface area contributed by atoms with Crippen LogP contribution in [0, 0.1) is 5.41 Å². The summed E-state index contributed by atoms with van der Waals surface area (Å²) < 4.78 is 0. The minimum Gasteiger partial charge on any atom is -0.396 e. The topological polar surface area (TPSA) is 49.3 Å². The van der Waals surface area contributed by atoms with Gasteiger partial charge < -0.3 is 10.4 Å². The van der Waals surface area contributed by atoms with Crippen LogP contribution in [0.1, 0.15) is 33.6 Å². The third-order valence-corrected chi connectivity index (χ3v) is 1.87. The van der Waals surface area contributed by atoms with Gasteiger partial charge in [0.1, 0.15) is 0 Å². The van der Waals surface area contributed by atoms with E-state index in [1.54, 1.807) is 0 Å². The third-order valence-electron chi connectivity index (χ3n) is 1.87. The van der Waals surface area contributed by atoms with Gasteiger partial charge in [-0.2, -0.15) is 0 Å². The first-order valence-corrected chi connectivity index (χ1v) is 4.39. The Morgan fingerprint density at radius 1 is 1.50 bits per heavy atom. The fourth-order valence-electron chi connectivity index (χ4n) is 0.854. The van der Waals surface area contributed by atoms with Crippen LogP contribution in [0.25, 0.3) is 0 Å². The van der Waals surface area contributed by atoms with Gasteiger partial charge in [0.15, 0.2) is 0 Å². The minimum absolute atomic E-state index is 0.000417. The van der Waals surface area contributed by atoms with E-state index in [9.17, 15) is 4.79 Å². The van der Waals surface area contributed by atoms with Crippen LogP contribution < -0.4 is 5.32 Å². The fraction of sp³-hybridized carbons (Fsp3) is 0.889. The quantitative estimate of drug-likeness (QED) is 0.649. The van der Waals surface area contributed by atoms with Crippen molar-refractivity contribution < 1.29 is 9.90 Å². The van der Waals surface area contributed by atoms with Gasteiger partial charge >= 0.3 is 0 Å². The molecule has 3 nitrogen and oxygen atoms in total. The lowest BCUT2D eigenvalue weighted by molar-refractivity contribution is -0.121. The van der Waals surface area contributed by atoms with Crippen LogP contribution in [0.4, 0.5) is 0 Å². The molecule has 0 aromatic rings. The van der Waals surface area contributed by atoms with Crippen LogP contribution in [0.2, 0.25) is 0 Å². The van der Waals surface area contributed by atoms with Crippen molar-refractivity contribution in [3.05, 3.63) is 0 Å². The number of hydrogen-bond donors (Lipinski definition) is 2. The van der Waals surface area contributed by atoms with Crippen molar-refractivity contribution in [1.29, 1.82) is 0 Å². The monoisotopic (exact) mass is 173 g/mol. The molecule has 0 fully saturated rings. The van der Waals surface area contributed by atoms with E-state index in [4.69, 9.17) is 5.11 Å². The third kappa shape index (κ3) is 5.13. The standard InChI is InChI=1S/C9H19NO2/c1-4-8(12)10-7-9(2,3)5-6-11/h11H,4-7H2,1-3H3,(H,10,12). The molecule has 0 spiro atoms. The van der Waals surface area contributed by atoms with Gasteiger partial charge in [0.25, 0.3) is 0 Å². The summed E-state index contributed by atoms with van der Waals surface area (Å²) in [5, 5.41) is 11.5. The summed E-state index contributed by atoms with van der Waals surface area (Å²) >= 11 is 0. The lowest BCUT2D eigenvalue weighted by atomic mass is 9.90. The van der Waals surface area contributed by atoms with Crippen molar-refractivity contribution >= 4 is 5.91 Å². The number of rotatable bonds is 5. The highest BCUT2D eigenvalue weighted by Gasteiger charge is 2.17. The smallest absolute Gasteiger partial charge is 0.219 e. The van der Waals surface area contributed by atoms with Gasteiger partial charge in [0.05, 0.1) is 0 Å². The molecule has 12 heavy (non-hydrogen) atoms. The van der Waals surface area contributed by atoms with Crippen molar-refractivity contribution in [2.75, 3.05) is 13.2 Å². The van der Waals surface area contributed by atoms with Gasteiger partial charge in [0.2, 0.25) is 5.91 Å².